The van der Waals surface area contributed by atoms with E-state index in [0.717, 1.165) is 23.1 Å². The minimum absolute atomic E-state index is 0.00139. The molecule has 0 saturated carbocycles. The Labute approximate surface area is 191 Å². The molecule has 0 bridgehead atoms. The van der Waals surface area contributed by atoms with Crippen LogP contribution in [0.15, 0.2) is 53.7 Å². The Morgan fingerprint density at radius 1 is 1.23 bits per heavy atom. The van der Waals surface area contributed by atoms with Gasteiger partial charge in [-0.3, -0.25) is 4.79 Å². The first-order chi connectivity index (χ1) is 14.4. The molecule has 3 aromatic rings. The number of nitrogens with one attached hydrogen (secondary N) is 1. The summed E-state index contributed by atoms with van der Waals surface area (Å²) in [7, 11) is 0. The molecule has 1 amide bonds. The third-order valence-corrected chi connectivity index (χ3v) is 6.52. The number of amides is 1. The summed E-state index contributed by atoms with van der Waals surface area (Å²) in [5.41, 5.74) is 1.01. The van der Waals surface area contributed by atoms with Gasteiger partial charge in [0.2, 0.25) is 5.91 Å². The number of esters is 1. The number of thioether (sulfide) groups is 1. The van der Waals surface area contributed by atoms with E-state index < -0.39 is 5.97 Å². The largest absolute Gasteiger partial charge is 0.618 e. The van der Waals surface area contributed by atoms with Crippen LogP contribution in [0.4, 0.5) is 5.69 Å². The van der Waals surface area contributed by atoms with Crippen molar-refractivity contribution in [1.82, 2.24) is 0 Å². The fourth-order valence-corrected chi connectivity index (χ4v) is 4.83. The highest BCUT2D eigenvalue weighted by molar-refractivity contribution is 7.99. The van der Waals surface area contributed by atoms with E-state index in [2.05, 4.69) is 5.32 Å². The molecule has 0 radical (unpaired) electrons. The number of hydrogen-bond donors (Lipinski definition) is 1. The van der Waals surface area contributed by atoms with Gasteiger partial charge in [-0.05, 0) is 43.0 Å². The molecule has 0 aliphatic rings. The number of benzene rings is 1. The third-order valence-electron chi connectivity index (χ3n) is 3.80. The third kappa shape index (κ3) is 5.46. The molecular weight excluding hydrogens is 467 g/mol. The Kier molecular flexibility index (Phi) is 7.60. The van der Waals surface area contributed by atoms with Crippen molar-refractivity contribution < 1.29 is 19.1 Å². The molecule has 2 heterocycles. The maximum atomic E-state index is 12.5. The van der Waals surface area contributed by atoms with E-state index in [1.165, 1.54) is 6.20 Å². The lowest BCUT2D eigenvalue weighted by atomic mass is 10.2. The summed E-state index contributed by atoms with van der Waals surface area (Å²) in [5, 5.41) is 15.8. The van der Waals surface area contributed by atoms with Crippen molar-refractivity contribution in [2.75, 3.05) is 17.7 Å². The van der Waals surface area contributed by atoms with Crippen molar-refractivity contribution >= 4 is 63.9 Å². The van der Waals surface area contributed by atoms with Gasteiger partial charge >= 0.3 is 5.97 Å². The first kappa shape index (κ1) is 22.4. The minimum atomic E-state index is -0.540. The molecule has 1 N–H and O–H groups in total. The monoisotopic (exact) mass is 482 g/mol. The average molecular weight is 483 g/mol. The highest BCUT2D eigenvalue weighted by Crippen LogP contribution is 2.39. The first-order valence-corrected chi connectivity index (χ1v) is 11.3. The van der Waals surface area contributed by atoms with Crippen molar-refractivity contribution in [3.05, 3.63) is 68.8 Å². The van der Waals surface area contributed by atoms with Gasteiger partial charge in [-0.1, -0.05) is 29.3 Å². The summed E-state index contributed by atoms with van der Waals surface area (Å²) in [4.78, 5) is 25.8. The van der Waals surface area contributed by atoms with E-state index in [4.69, 9.17) is 27.9 Å². The van der Waals surface area contributed by atoms with Crippen molar-refractivity contribution in [2.45, 2.75) is 11.9 Å². The number of carbonyl (C=O) groups is 2. The number of aromatic nitrogens is 1. The van der Waals surface area contributed by atoms with Crippen LogP contribution < -0.4 is 10.0 Å². The zero-order valence-electron chi connectivity index (χ0n) is 15.7. The van der Waals surface area contributed by atoms with Crippen LogP contribution in [0.1, 0.15) is 16.6 Å². The second-order valence-corrected chi connectivity index (χ2v) is 8.79. The van der Waals surface area contributed by atoms with Crippen LogP contribution >= 0.6 is 46.3 Å². The van der Waals surface area contributed by atoms with E-state index in [0.29, 0.717) is 35.9 Å². The lowest BCUT2D eigenvalue weighted by Crippen LogP contribution is -2.28. The molecular formula is C20H16Cl2N2O4S2. The van der Waals surface area contributed by atoms with Gasteiger partial charge in [0.25, 0.3) is 5.03 Å². The Hall–Kier alpha value is -2.26. The average Bonchev–Trinajstić information content (AvgIpc) is 3.11. The summed E-state index contributed by atoms with van der Waals surface area (Å²) >= 11 is 14.5. The molecule has 0 aliphatic heterocycles. The topological polar surface area (TPSA) is 82.3 Å². The van der Waals surface area contributed by atoms with Crippen LogP contribution in [-0.4, -0.2) is 24.2 Å². The van der Waals surface area contributed by atoms with Gasteiger partial charge in [0.1, 0.15) is 4.88 Å². The molecule has 10 heteroatoms. The highest BCUT2D eigenvalue weighted by atomic mass is 35.5. The van der Waals surface area contributed by atoms with Gasteiger partial charge in [-0.2, -0.15) is 4.73 Å². The molecule has 3 rings (SSSR count). The molecule has 30 heavy (non-hydrogen) atoms. The van der Waals surface area contributed by atoms with Crippen molar-refractivity contribution in [2.24, 2.45) is 0 Å². The van der Waals surface area contributed by atoms with Crippen LogP contribution in [0.2, 0.25) is 10.0 Å². The van der Waals surface area contributed by atoms with E-state index in [1.54, 1.807) is 49.4 Å². The lowest BCUT2D eigenvalue weighted by molar-refractivity contribution is -0.645. The summed E-state index contributed by atoms with van der Waals surface area (Å²) < 4.78 is 5.80. The molecule has 156 valence electrons. The van der Waals surface area contributed by atoms with Crippen molar-refractivity contribution in [3.8, 4) is 10.4 Å². The number of nitrogens with zero attached hydrogens (tertiary/aromatic N) is 1. The normalized spacial score (nSPS) is 10.6. The van der Waals surface area contributed by atoms with Crippen molar-refractivity contribution in [3.63, 3.8) is 0 Å². The summed E-state index contributed by atoms with van der Waals surface area (Å²) in [6, 6.07) is 11.7. The molecule has 0 fully saturated rings. The van der Waals surface area contributed by atoms with E-state index in [1.807, 2.05) is 0 Å². The molecule has 0 spiro atoms. The van der Waals surface area contributed by atoms with Gasteiger partial charge in [0, 0.05) is 27.6 Å². The zero-order chi connectivity index (χ0) is 21.7. The molecule has 1 aromatic carbocycles. The lowest BCUT2D eigenvalue weighted by Gasteiger charge is -2.06. The zero-order valence-corrected chi connectivity index (χ0v) is 18.8. The van der Waals surface area contributed by atoms with Crippen molar-refractivity contribution in [1.29, 1.82) is 0 Å². The van der Waals surface area contributed by atoms with Gasteiger partial charge in [-0.25, -0.2) is 4.79 Å². The first-order valence-electron chi connectivity index (χ1n) is 8.76. The number of ether oxygens (including phenoxy) is 1. The molecule has 2 aromatic heterocycles. The van der Waals surface area contributed by atoms with Crippen LogP contribution in [0, 0.1) is 5.21 Å². The number of pyridine rings is 1. The van der Waals surface area contributed by atoms with Crippen LogP contribution in [-0.2, 0) is 9.53 Å². The predicted molar refractivity (Wildman–Crippen MR) is 120 cm³/mol. The minimum Gasteiger partial charge on any atom is -0.618 e. The van der Waals surface area contributed by atoms with Crippen LogP contribution in [0.5, 0.6) is 0 Å². The standard InChI is InChI=1S/C20H16Cl2N2O4S2/c1-2-28-20(26)19-15(10-16(30-19)13-7-6-12(21)9-14(13)22)23-17(25)11-29-18-5-3-4-8-24(18)27/h3-10H,2,11H2,1H3,(H,23,25). The van der Waals surface area contributed by atoms with Gasteiger partial charge in [-0.15, -0.1) is 11.3 Å². The maximum absolute atomic E-state index is 12.5. The maximum Gasteiger partial charge on any atom is 0.350 e. The summed E-state index contributed by atoms with van der Waals surface area (Å²) in [6.45, 7) is 1.91. The summed E-state index contributed by atoms with van der Waals surface area (Å²) in [6.07, 6.45) is 1.36. The van der Waals surface area contributed by atoms with E-state index in [9.17, 15) is 14.8 Å². The van der Waals surface area contributed by atoms with E-state index in [-0.39, 0.29) is 23.1 Å². The highest BCUT2D eigenvalue weighted by Gasteiger charge is 2.21. The number of rotatable bonds is 7. The predicted octanol–water partition coefficient (Wildman–Crippen LogP) is 5.26. The smallest absolute Gasteiger partial charge is 0.350 e. The van der Waals surface area contributed by atoms with Crippen LogP contribution in [0.3, 0.4) is 0 Å². The fraction of sp³-hybridized carbons (Fsp3) is 0.150. The Morgan fingerprint density at radius 3 is 2.73 bits per heavy atom. The second kappa shape index (κ2) is 10.2. The number of anilines is 1. The Bertz CT molecular complexity index is 1090. The van der Waals surface area contributed by atoms with Gasteiger partial charge in [0.05, 0.1) is 23.1 Å². The van der Waals surface area contributed by atoms with E-state index >= 15 is 0 Å². The fourth-order valence-electron chi connectivity index (χ4n) is 2.50. The van der Waals surface area contributed by atoms with Gasteiger partial charge in [0.15, 0.2) is 6.20 Å². The SMILES string of the molecule is CCOC(=O)c1sc(-c2ccc(Cl)cc2Cl)cc1NC(=O)CSc1cccc[n+]1[O-]. The number of hydrogen-bond acceptors (Lipinski definition) is 6. The number of halogens is 2. The number of thiophene rings is 1. The molecule has 0 aliphatic carbocycles. The molecule has 0 atom stereocenters. The molecule has 0 unspecified atom stereocenters. The van der Waals surface area contributed by atoms with Gasteiger partial charge < -0.3 is 15.3 Å². The number of carbonyl (C=O) groups excluding carboxylic acids is 2. The second-order valence-electron chi connectivity index (χ2n) is 5.90. The molecule has 6 nitrogen and oxygen atoms in total. The summed E-state index contributed by atoms with van der Waals surface area (Å²) in [5.74, 6) is -0.898. The Balaban J connectivity index is 1.83. The quantitative estimate of drug-likeness (QED) is 0.215. The molecule has 0 saturated heterocycles. The Morgan fingerprint density at radius 2 is 2.03 bits per heavy atom. The van der Waals surface area contributed by atoms with Crippen LogP contribution in [0.25, 0.3) is 10.4 Å².